The van der Waals surface area contributed by atoms with Crippen molar-refractivity contribution >= 4 is 16.8 Å². The molecule has 0 atom stereocenters. The molecule has 3 rings (SSSR count). The molecule has 2 heterocycles. The molecule has 0 bridgehead atoms. The van der Waals surface area contributed by atoms with E-state index in [0.717, 1.165) is 25.7 Å². The van der Waals surface area contributed by atoms with Gasteiger partial charge in [0.05, 0.1) is 17.4 Å². The summed E-state index contributed by atoms with van der Waals surface area (Å²) in [4.78, 5) is 19.3. The first-order valence-corrected chi connectivity index (χ1v) is 7.80. The van der Waals surface area contributed by atoms with Crippen molar-refractivity contribution in [2.45, 2.75) is 52.5 Å². The van der Waals surface area contributed by atoms with Crippen LogP contribution in [0.4, 0.5) is 4.39 Å². The topological polar surface area (TPSA) is 57.8 Å². The van der Waals surface area contributed by atoms with E-state index in [1.807, 2.05) is 0 Å². The molecule has 0 spiro atoms. The number of fused-ring (bicyclic) bond motifs is 1. The van der Waals surface area contributed by atoms with E-state index in [4.69, 9.17) is 0 Å². The Morgan fingerprint density at radius 2 is 2.09 bits per heavy atom. The normalized spacial score (nSPS) is 18.5. The van der Waals surface area contributed by atoms with Crippen LogP contribution in [0.15, 0.2) is 12.3 Å². The maximum Gasteiger partial charge on any atom is 0.267 e. The Balaban J connectivity index is 1.74. The van der Waals surface area contributed by atoms with Crippen LogP contribution in [-0.4, -0.2) is 21.9 Å². The summed E-state index contributed by atoms with van der Waals surface area (Å²) in [6.45, 7) is 6.15. The number of aryl methyl sites for hydroxylation is 1. The molecule has 2 N–H and O–H groups in total. The lowest BCUT2D eigenvalue weighted by Gasteiger charge is -2.34. The van der Waals surface area contributed by atoms with Crippen molar-refractivity contribution in [1.82, 2.24) is 15.3 Å². The maximum absolute atomic E-state index is 14.0. The highest BCUT2D eigenvalue weighted by atomic mass is 19.1. The molecule has 5 heteroatoms. The van der Waals surface area contributed by atoms with Gasteiger partial charge < -0.3 is 10.3 Å². The molecule has 1 aliphatic carbocycles. The molecule has 22 heavy (non-hydrogen) atoms. The fourth-order valence-corrected chi connectivity index (χ4v) is 3.10. The van der Waals surface area contributed by atoms with Gasteiger partial charge in [0.2, 0.25) is 0 Å². The molecule has 4 nitrogen and oxygen atoms in total. The summed E-state index contributed by atoms with van der Waals surface area (Å²) in [6, 6.07) is 1.78. The number of rotatable bonds is 2. The summed E-state index contributed by atoms with van der Waals surface area (Å²) in [6.07, 6.45) is 5.78. The largest absolute Gasteiger partial charge is 0.349 e. The molecule has 1 amide bonds. The summed E-state index contributed by atoms with van der Waals surface area (Å²) >= 11 is 0. The van der Waals surface area contributed by atoms with Gasteiger partial charge in [0.25, 0.3) is 5.91 Å². The number of hydrogen-bond donors (Lipinski definition) is 2. The number of H-pyrrole nitrogens is 1. The van der Waals surface area contributed by atoms with Crippen LogP contribution in [0.1, 0.15) is 55.7 Å². The van der Waals surface area contributed by atoms with Gasteiger partial charge in [-0.3, -0.25) is 9.78 Å². The standard InChI is InChI=1S/C17H22FN3O/c1-10-15(18)12-8-13(21-14(12)9-19-10)16(22)20-11-4-6-17(2,3)7-5-11/h8-9,11,21H,4-7H2,1-3H3,(H,20,22). The van der Waals surface area contributed by atoms with E-state index in [2.05, 4.69) is 29.1 Å². The average Bonchev–Trinajstić information content (AvgIpc) is 2.90. The highest BCUT2D eigenvalue weighted by Gasteiger charge is 2.28. The van der Waals surface area contributed by atoms with Gasteiger partial charge in [-0.2, -0.15) is 0 Å². The predicted molar refractivity (Wildman–Crippen MR) is 84.3 cm³/mol. The zero-order valence-electron chi connectivity index (χ0n) is 13.3. The first-order chi connectivity index (χ1) is 10.4. The number of aromatic amines is 1. The van der Waals surface area contributed by atoms with E-state index in [0.29, 0.717) is 27.7 Å². The summed E-state index contributed by atoms with van der Waals surface area (Å²) in [5, 5.41) is 3.47. The Kier molecular flexibility index (Phi) is 3.67. The molecule has 0 radical (unpaired) electrons. The van der Waals surface area contributed by atoms with Crippen LogP contribution >= 0.6 is 0 Å². The van der Waals surface area contributed by atoms with Crippen LogP contribution in [0.2, 0.25) is 0 Å². The van der Waals surface area contributed by atoms with Crippen LogP contribution in [0, 0.1) is 18.2 Å². The smallest absolute Gasteiger partial charge is 0.267 e. The van der Waals surface area contributed by atoms with E-state index < -0.39 is 0 Å². The van der Waals surface area contributed by atoms with Crippen molar-refractivity contribution in [3.05, 3.63) is 29.5 Å². The highest BCUT2D eigenvalue weighted by Crippen LogP contribution is 2.35. The fraction of sp³-hybridized carbons (Fsp3) is 0.529. The number of nitrogens with one attached hydrogen (secondary N) is 2. The second-order valence-corrected chi connectivity index (χ2v) is 7.08. The molecule has 1 saturated carbocycles. The van der Waals surface area contributed by atoms with Crippen molar-refractivity contribution in [1.29, 1.82) is 0 Å². The van der Waals surface area contributed by atoms with Crippen molar-refractivity contribution in [2.24, 2.45) is 5.41 Å². The van der Waals surface area contributed by atoms with Crippen molar-refractivity contribution in [2.75, 3.05) is 0 Å². The summed E-state index contributed by atoms with van der Waals surface area (Å²) in [5.41, 5.74) is 1.66. The Morgan fingerprint density at radius 1 is 1.41 bits per heavy atom. The van der Waals surface area contributed by atoms with Crippen LogP contribution < -0.4 is 5.32 Å². The third kappa shape index (κ3) is 2.85. The highest BCUT2D eigenvalue weighted by molar-refractivity contribution is 5.98. The van der Waals surface area contributed by atoms with Gasteiger partial charge in [0, 0.05) is 11.4 Å². The molecule has 2 aromatic rings. The Hall–Kier alpha value is -1.91. The molecule has 2 aromatic heterocycles. The SMILES string of the molecule is Cc1ncc2[nH]c(C(=O)NC3CCC(C)(C)CC3)cc2c1F. The molecule has 0 aliphatic heterocycles. The van der Waals surface area contributed by atoms with Crippen LogP contribution in [0.3, 0.4) is 0 Å². The van der Waals surface area contributed by atoms with Crippen LogP contribution in [0.5, 0.6) is 0 Å². The molecule has 1 aliphatic rings. The predicted octanol–water partition coefficient (Wildman–Crippen LogP) is 3.71. The van der Waals surface area contributed by atoms with Gasteiger partial charge in [-0.15, -0.1) is 0 Å². The van der Waals surface area contributed by atoms with Gasteiger partial charge in [0.15, 0.2) is 5.82 Å². The first-order valence-electron chi connectivity index (χ1n) is 7.80. The quantitative estimate of drug-likeness (QED) is 0.888. The third-order valence-corrected chi connectivity index (χ3v) is 4.71. The molecule has 0 aromatic carbocycles. The number of carbonyl (C=O) groups excluding carboxylic acids is 1. The lowest BCUT2D eigenvalue weighted by Crippen LogP contribution is -2.39. The van der Waals surface area contributed by atoms with Crippen LogP contribution in [-0.2, 0) is 0 Å². The van der Waals surface area contributed by atoms with Gasteiger partial charge in [0.1, 0.15) is 5.69 Å². The van der Waals surface area contributed by atoms with E-state index in [1.165, 1.54) is 0 Å². The second-order valence-electron chi connectivity index (χ2n) is 7.08. The monoisotopic (exact) mass is 303 g/mol. The summed E-state index contributed by atoms with van der Waals surface area (Å²) in [7, 11) is 0. The van der Waals surface area contributed by atoms with Gasteiger partial charge >= 0.3 is 0 Å². The van der Waals surface area contributed by atoms with Crippen molar-refractivity contribution in [3.63, 3.8) is 0 Å². The minimum absolute atomic E-state index is 0.169. The fourth-order valence-electron chi connectivity index (χ4n) is 3.10. The maximum atomic E-state index is 14.0. The van der Waals surface area contributed by atoms with Gasteiger partial charge in [-0.05, 0) is 44.1 Å². The summed E-state index contributed by atoms with van der Waals surface area (Å²) in [5.74, 6) is -0.537. The van der Waals surface area contributed by atoms with E-state index in [1.54, 1.807) is 19.2 Å². The van der Waals surface area contributed by atoms with Gasteiger partial charge in [-0.25, -0.2) is 4.39 Å². The molecule has 118 valence electrons. The minimum atomic E-state index is -0.368. The van der Waals surface area contributed by atoms with Crippen molar-refractivity contribution < 1.29 is 9.18 Å². The van der Waals surface area contributed by atoms with Gasteiger partial charge in [-0.1, -0.05) is 13.8 Å². The number of carbonyl (C=O) groups is 1. The Labute approximate surface area is 129 Å². The molecule has 0 unspecified atom stereocenters. The number of pyridine rings is 1. The lowest BCUT2D eigenvalue weighted by molar-refractivity contribution is 0.0905. The van der Waals surface area contributed by atoms with Crippen molar-refractivity contribution in [3.8, 4) is 0 Å². The lowest BCUT2D eigenvalue weighted by atomic mass is 9.75. The zero-order chi connectivity index (χ0) is 15.9. The van der Waals surface area contributed by atoms with E-state index in [9.17, 15) is 9.18 Å². The zero-order valence-corrected chi connectivity index (χ0v) is 13.3. The number of hydrogen-bond acceptors (Lipinski definition) is 2. The number of aromatic nitrogens is 2. The third-order valence-electron chi connectivity index (χ3n) is 4.71. The minimum Gasteiger partial charge on any atom is -0.349 e. The van der Waals surface area contributed by atoms with Crippen LogP contribution in [0.25, 0.3) is 10.9 Å². The second kappa shape index (κ2) is 5.38. The first kappa shape index (κ1) is 15.0. The molecular weight excluding hydrogens is 281 g/mol. The molecule has 1 fully saturated rings. The number of halogens is 1. The van der Waals surface area contributed by atoms with E-state index >= 15 is 0 Å². The molecular formula is C17H22FN3O. The molecule has 0 saturated heterocycles. The Bertz CT molecular complexity index is 710. The number of nitrogens with zero attached hydrogens (tertiary/aromatic N) is 1. The number of amides is 1. The average molecular weight is 303 g/mol. The van der Waals surface area contributed by atoms with E-state index in [-0.39, 0.29) is 17.8 Å². The summed E-state index contributed by atoms with van der Waals surface area (Å²) < 4.78 is 14.0. The Morgan fingerprint density at radius 3 is 2.77 bits per heavy atom.